The van der Waals surface area contributed by atoms with Gasteiger partial charge in [-0.05, 0) is 61.9 Å². The van der Waals surface area contributed by atoms with Gasteiger partial charge in [-0.1, -0.05) is 29.8 Å². The fraction of sp³-hybridized carbons (Fsp3) is 0.208. The Kier molecular flexibility index (Phi) is 7.21. The molecule has 1 amide bonds. The zero-order chi connectivity index (χ0) is 25.1. The smallest absolute Gasteiger partial charge is 0.416 e. The molecule has 0 bridgehead atoms. The topological polar surface area (TPSA) is 75.7 Å². The summed E-state index contributed by atoms with van der Waals surface area (Å²) in [6.45, 7) is 2.87. The number of carbonyl (C=O) groups is 1. The van der Waals surface area contributed by atoms with E-state index >= 15 is 0 Å². The van der Waals surface area contributed by atoms with Gasteiger partial charge >= 0.3 is 6.18 Å². The molecule has 0 atom stereocenters. The predicted molar refractivity (Wildman–Crippen MR) is 124 cm³/mol. The molecule has 0 aromatic heterocycles. The van der Waals surface area contributed by atoms with E-state index in [2.05, 4.69) is 5.32 Å². The Hall–Kier alpha value is -3.53. The Morgan fingerprint density at radius 2 is 1.62 bits per heavy atom. The number of rotatable bonds is 7. The summed E-state index contributed by atoms with van der Waals surface area (Å²) in [6.07, 6.45) is -4.59. The van der Waals surface area contributed by atoms with Crippen molar-refractivity contribution in [3.8, 4) is 5.75 Å². The van der Waals surface area contributed by atoms with E-state index in [1.165, 1.54) is 25.3 Å². The molecule has 0 aliphatic carbocycles. The van der Waals surface area contributed by atoms with Crippen LogP contribution in [-0.2, 0) is 21.0 Å². The Morgan fingerprint density at radius 3 is 2.24 bits per heavy atom. The lowest BCUT2D eigenvalue weighted by atomic mass is 10.2. The normalized spacial score (nSPS) is 11.7. The van der Waals surface area contributed by atoms with Gasteiger partial charge in [-0.25, -0.2) is 8.42 Å². The number of sulfonamides is 1. The van der Waals surface area contributed by atoms with Gasteiger partial charge in [-0.15, -0.1) is 0 Å². The van der Waals surface area contributed by atoms with Gasteiger partial charge in [0.1, 0.15) is 12.3 Å². The number of methoxy groups -OCH3 is 1. The zero-order valence-electron chi connectivity index (χ0n) is 18.7. The molecule has 0 unspecified atom stereocenters. The van der Waals surface area contributed by atoms with E-state index < -0.39 is 34.2 Å². The van der Waals surface area contributed by atoms with Crippen molar-refractivity contribution in [1.29, 1.82) is 0 Å². The highest BCUT2D eigenvalue weighted by molar-refractivity contribution is 7.92. The van der Waals surface area contributed by atoms with Crippen LogP contribution in [0.1, 0.15) is 16.7 Å². The highest BCUT2D eigenvalue weighted by Gasteiger charge is 2.32. The number of hydrogen-bond donors (Lipinski definition) is 1. The number of halogens is 3. The van der Waals surface area contributed by atoms with Crippen LogP contribution in [0.4, 0.5) is 24.5 Å². The van der Waals surface area contributed by atoms with Crippen molar-refractivity contribution in [1.82, 2.24) is 0 Å². The Bertz CT molecular complexity index is 1290. The number of nitrogens with zero attached hydrogens (tertiary/aromatic N) is 1. The molecule has 0 heterocycles. The molecule has 1 N–H and O–H groups in total. The zero-order valence-corrected chi connectivity index (χ0v) is 19.5. The van der Waals surface area contributed by atoms with Gasteiger partial charge in [-0.3, -0.25) is 9.10 Å². The number of hydrogen-bond acceptors (Lipinski definition) is 4. The Balaban J connectivity index is 2.01. The minimum Gasteiger partial charge on any atom is -0.495 e. The average Bonchev–Trinajstić information content (AvgIpc) is 2.77. The Labute approximate surface area is 196 Å². The molecule has 0 aliphatic heterocycles. The minimum absolute atomic E-state index is 0.0477. The average molecular weight is 493 g/mol. The summed E-state index contributed by atoms with van der Waals surface area (Å²) < 4.78 is 72.3. The molecular weight excluding hydrogens is 469 g/mol. The summed E-state index contributed by atoms with van der Waals surface area (Å²) in [7, 11) is -2.86. The highest BCUT2D eigenvalue weighted by Crippen LogP contribution is 2.34. The van der Waals surface area contributed by atoms with E-state index in [9.17, 15) is 26.4 Å². The maximum atomic E-state index is 13.5. The van der Waals surface area contributed by atoms with Crippen LogP contribution in [0, 0.1) is 13.8 Å². The quantitative estimate of drug-likeness (QED) is 0.494. The van der Waals surface area contributed by atoms with Crippen molar-refractivity contribution < 1.29 is 31.1 Å². The molecule has 180 valence electrons. The third-order valence-electron chi connectivity index (χ3n) is 4.97. The molecule has 0 spiro atoms. The summed E-state index contributed by atoms with van der Waals surface area (Å²) in [5, 5.41) is 2.35. The van der Waals surface area contributed by atoms with Gasteiger partial charge in [0.15, 0.2) is 0 Å². The molecule has 0 aliphatic rings. The molecule has 0 fully saturated rings. The summed E-state index contributed by atoms with van der Waals surface area (Å²) in [4.78, 5) is 12.8. The van der Waals surface area contributed by atoms with Gasteiger partial charge < -0.3 is 10.1 Å². The van der Waals surface area contributed by atoms with Crippen molar-refractivity contribution in [3.05, 3.63) is 83.4 Å². The summed E-state index contributed by atoms with van der Waals surface area (Å²) in [6, 6.07) is 15.1. The first kappa shape index (κ1) is 25.1. The van der Waals surface area contributed by atoms with Gasteiger partial charge in [0.25, 0.3) is 10.0 Å². The molecule has 34 heavy (non-hydrogen) atoms. The van der Waals surface area contributed by atoms with Crippen LogP contribution in [0.15, 0.2) is 71.6 Å². The molecule has 0 radical (unpaired) electrons. The SMILES string of the molecule is COc1ccc(C)cc1N(CC(=O)Nc1cccc(C(F)(F)F)c1)S(=O)(=O)c1ccc(C)cc1. The molecule has 0 saturated carbocycles. The van der Waals surface area contributed by atoms with Crippen LogP contribution in [0.3, 0.4) is 0 Å². The molecular formula is C24H23F3N2O4S. The number of benzene rings is 3. The van der Waals surface area contributed by atoms with E-state index in [0.29, 0.717) is 0 Å². The third-order valence-corrected chi connectivity index (χ3v) is 6.75. The van der Waals surface area contributed by atoms with Crippen molar-refractivity contribution in [2.75, 3.05) is 23.3 Å². The largest absolute Gasteiger partial charge is 0.495 e. The molecule has 3 aromatic rings. The fourth-order valence-corrected chi connectivity index (χ4v) is 4.66. The van der Waals surface area contributed by atoms with E-state index in [4.69, 9.17) is 4.74 Å². The predicted octanol–water partition coefficient (Wildman–Crippen LogP) is 5.16. The molecule has 0 saturated heterocycles. The number of carbonyl (C=O) groups excluding carboxylic acids is 1. The van der Waals surface area contributed by atoms with E-state index in [-0.39, 0.29) is 22.0 Å². The van der Waals surface area contributed by atoms with Crippen LogP contribution in [0.25, 0.3) is 0 Å². The molecule has 3 rings (SSSR count). The van der Waals surface area contributed by atoms with Gasteiger partial charge in [0.2, 0.25) is 5.91 Å². The van der Waals surface area contributed by atoms with Crippen molar-refractivity contribution in [3.63, 3.8) is 0 Å². The second kappa shape index (κ2) is 9.76. The lowest BCUT2D eigenvalue weighted by molar-refractivity contribution is -0.137. The lowest BCUT2D eigenvalue weighted by Crippen LogP contribution is -2.38. The van der Waals surface area contributed by atoms with E-state index in [0.717, 1.165) is 33.6 Å². The first-order valence-corrected chi connectivity index (χ1v) is 11.6. The number of alkyl halides is 3. The van der Waals surface area contributed by atoms with Crippen molar-refractivity contribution in [2.24, 2.45) is 0 Å². The fourth-order valence-electron chi connectivity index (χ4n) is 3.24. The monoisotopic (exact) mass is 492 g/mol. The summed E-state index contributed by atoms with van der Waals surface area (Å²) in [5.41, 5.74) is 0.653. The Morgan fingerprint density at radius 1 is 0.971 bits per heavy atom. The van der Waals surface area contributed by atoms with Crippen LogP contribution in [-0.4, -0.2) is 28.0 Å². The highest BCUT2D eigenvalue weighted by atomic mass is 32.2. The second-order valence-corrected chi connectivity index (χ2v) is 9.49. The number of anilines is 2. The van der Waals surface area contributed by atoms with Gasteiger partial charge in [0.05, 0.1) is 23.3 Å². The number of amides is 1. The van der Waals surface area contributed by atoms with Crippen LogP contribution in [0.2, 0.25) is 0 Å². The van der Waals surface area contributed by atoms with Gasteiger partial charge in [0, 0.05) is 5.69 Å². The van der Waals surface area contributed by atoms with Crippen molar-refractivity contribution >= 4 is 27.3 Å². The van der Waals surface area contributed by atoms with Crippen molar-refractivity contribution in [2.45, 2.75) is 24.9 Å². The maximum Gasteiger partial charge on any atom is 0.416 e. The standard InChI is InChI=1S/C24H23F3N2O4S/c1-16-7-10-20(11-8-16)34(31,32)29(21-13-17(2)9-12-22(21)33-3)15-23(30)28-19-6-4-5-18(14-19)24(25,26)27/h4-14H,15H2,1-3H3,(H,28,30). The molecule has 6 nitrogen and oxygen atoms in total. The first-order valence-electron chi connectivity index (χ1n) is 10.1. The number of aryl methyl sites for hydroxylation is 2. The third kappa shape index (κ3) is 5.69. The van der Waals surface area contributed by atoms with Gasteiger partial charge in [-0.2, -0.15) is 13.2 Å². The van der Waals surface area contributed by atoms with E-state index in [1.54, 1.807) is 44.2 Å². The molecule has 3 aromatic carbocycles. The number of ether oxygens (including phenoxy) is 1. The summed E-state index contributed by atoms with van der Waals surface area (Å²) >= 11 is 0. The van der Waals surface area contributed by atoms with Crippen LogP contribution < -0.4 is 14.4 Å². The second-order valence-electron chi connectivity index (χ2n) is 7.63. The minimum atomic E-state index is -4.59. The molecule has 10 heteroatoms. The van der Waals surface area contributed by atoms with Crippen LogP contribution in [0.5, 0.6) is 5.75 Å². The number of nitrogens with one attached hydrogen (secondary N) is 1. The lowest BCUT2D eigenvalue weighted by Gasteiger charge is -2.26. The van der Waals surface area contributed by atoms with E-state index in [1.807, 2.05) is 0 Å². The maximum absolute atomic E-state index is 13.5. The van der Waals surface area contributed by atoms with Crippen LogP contribution >= 0.6 is 0 Å². The first-order chi connectivity index (χ1) is 15.9. The summed E-state index contributed by atoms with van der Waals surface area (Å²) in [5.74, 6) is -0.605.